The number of nitrogens with one attached hydrogen (secondary N) is 1. The van der Waals surface area contributed by atoms with E-state index >= 15 is 0 Å². The smallest absolute Gasteiger partial charge is 0.263 e. The maximum atomic E-state index is 12.5. The topological polar surface area (TPSA) is 116 Å². The number of rotatable bonds is 4. The van der Waals surface area contributed by atoms with Gasteiger partial charge in [0.15, 0.2) is 11.5 Å². The minimum atomic E-state index is -3.77. The lowest BCUT2D eigenvalue weighted by Crippen LogP contribution is -2.14. The van der Waals surface area contributed by atoms with Crippen LogP contribution in [0.3, 0.4) is 0 Å². The molecule has 0 aliphatic carbocycles. The Kier molecular flexibility index (Phi) is 3.64. The van der Waals surface area contributed by atoms with Crippen LogP contribution in [0.2, 0.25) is 0 Å². The minimum absolute atomic E-state index is 0.106. The summed E-state index contributed by atoms with van der Waals surface area (Å²) in [5.41, 5.74) is 6.51. The van der Waals surface area contributed by atoms with E-state index in [4.69, 9.17) is 5.73 Å². The molecule has 0 aliphatic heterocycles. The first-order chi connectivity index (χ1) is 10.9. The van der Waals surface area contributed by atoms with Crippen molar-refractivity contribution < 1.29 is 8.42 Å². The Morgan fingerprint density at radius 2 is 1.87 bits per heavy atom. The Balaban J connectivity index is 2.02. The molecule has 1 aromatic carbocycles. The van der Waals surface area contributed by atoms with E-state index in [9.17, 15) is 8.42 Å². The molecule has 8 nitrogen and oxygen atoms in total. The van der Waals surface area contributed by atoms with Crippen molar-refractivity contribution in [2.24, 2.45) is 0 Å². The molecule has 0 bridgehead atoms. The number of hydrogen-bond donors (Lipinski definition) is 2. The highest BCUT2D eigenvalue weighted by molar-refractivity contribution is 7.92. The highest BCUT2D eigenvalue weighted by Gasteiger charge is 2.18. The summed E-state index contributed by atoms with van der Waals surface area (Å²) < 4.78 is 29.1. The number of anilines is 2. The van der Waals surface area contributed by atoms with Gasteiger partial charge in [0.05, 0.1) is 10.3 Å². The van der Waals surface area contributed by atoms with Gasteiger partial charge >= 0.3 is 0 Å². The fourth-order valence-corrected chi connectivity index (χ4v) is 3.06. The summed E-state index contributed by atoms with van der Waals surface area (Å²) in [4.78, 5) is 8.20. The van der Waals surface area contributed by atoms with Crippen molar-refractivity contribution in [2.75, 3.05) is 10.5 Å². The number of nitrogen functional groups attached to an aromatic ring is 1. The third-order valence-electron chi connectivity index (χ3n) is 3.28. The summed E-state index contributed by atoms with van der Waals surface area (Å²) in [5, 5.41) is 4.84. The molecule has 0 atom stereocenters. The quantitative estimate of drug-likeness (QED) is 0.704. The van der Waals surface area contributed by atoms with Gasteiger partial charge in [0.2, 0.25) is 0 Å². The Hall–Kier alpha value is -2.68. The van der Waals surface area contributed by atoms with Crippen molar-refractivity contribution in [3.8, 4) is 0 Å². The van der Waals surface area contributed by atoms with Crippen LogP contribution in [0.15, 0.2) is 41.7 Å². The number of aromatic nitrogens is 4. The average molecular weight is 332 g/mol. The summed E-state index contributed by atoms with van der Waals surface area (Å²) in [6.07, 6.45) is 3.00. The second-order valence-electron chi connectivity index (χ2n) is 5.34. The SMILES string of the molecule is CC(C)n1cc2c(NS(=O)(=O)c3ccc(N)cc3)ncnc2n1. The van der Waals surface area contributed by atoms with Gasteiger partial charge in [-0.25, -0.2) is 18.4 Å². The molecule has 3 rings (SSSR count). The Labute approximate surface area is 133 Å². The molecule has 2 heterocycles. The molecule has 0 amide bonds. The van der Waals surface area contributed by atoms with Crippen LogP contribution in [-0.4, -0.2) is 28.2 Å². The Bertz CT molecular complexity index is 947. The molecule has 9 heteroatoms. The predicted molar refractivity (Wildman–Crippen MR) is 87.4 cm³/mol. The van der Waals surface area contributed by atoms with E-state index < -0.39 is 10.0 Å². The lowest BCUT2D eigenvalue weighted by molar-refractivity contribution is 0.536. The zero-order valence-electron chi connectivity index (χ0n) is 12.6. The summed E-state index contributed by atoms with van der Waals surface area (Å²) >= 11 is 0. The van der Waals surface area contributed by atoms with Crippen molar-refractivity contribution in [2.45, 2.75) is 24.8 Å². The summed E-state index contributed by atoms with van der Waals surface area (Å²) in [6, 6.07) is 6.06. The van der Waals surface area contributed by atoms with Crippen molar-refractivity contribution in [3.63, 3.8) is 0 Å². The maximum absolute atomic E-state index is 12.5. The van der Waals surface area contributed by atoms with Gasteiger partial charge in [-0.3, -0.25) is 9.40 Å². The lowest BCUT2D eigenvalue weighted by atomic mass is 10.3. The highest BCUT2D eigenvalue weighted by Crippen LogP contribution is 2.23. The van der Waals surface area contributed by atoms with Crippen molar-refractivity contribution in [1.82, 2.24) is 19.7 Å². The second kappa shape index (κ2) is 5.51. The highest BCUT2D eigenvalue weighted by atomic mass is 32.2. The van der Waals surface area contributed by atoms with Crippen molar-refractivity contribution >= 4 is 32.6 Å². The van der Waals surface area contributed by atoms with Gasteiger partial charge in [-0.1, -0.05) is 0 Å². The molecule has 23 heavy (non-hydrogen) atoms. The summed E-state index contributed by atoms with van der Waals surface area (Å²) in [5.74, 6) is 0.193. The molecule has 3 aromatic rings. The second-order valence-corrected chi connectivity index (χ2v) is 7.02. The third kappa shape index (κ3) is 2.95. The van der Waals surface area contributed by atoms with E-state index in [0.717, 1.165) is 0 Å². The van der Waals surface area contributed by atoms with Gasteiger partial charge < -0.3 is 5.73 Å². The van der Waals surface area contributed by atoms with E-state index in [-0.39, 0.29) is 16.8 Å². The van der Waals surface area contributed by atoms with Gasteiger partial charge in [-0.2, -0.15) is 5.10 Å². The average Bonchev–Trinajstić information content (AvgIpc) is 2.93. The van der Waals surface area contributed by atoms with Gasteiger partial charge in [-0.05, 0) is 38.1 Å². The summed E-state index contributed by atoms with van der Waals surface area (Å²) in [6.45, 7) is 3.94. The Morgan fingerprint density at radius 1 is 1.17 bits per heavy atom. The van der Waals surface area contributed by atoms with Crippen LogP contribution in [0.4, 0.5) is 11.5 Å². The van der Waals surface area contributed by atoms with Gasteiger partial charge in [0, 0.05) is 17.9 Å². The number of nitrogens with zero attached hydrogens (tertiary/aromatic N) is 4. The Morgan fingerprint density at radius 3 is 2.52 bits per heavy atom. The van der Waals surface area contributed by atoms with Gasteiger partial charge in [0.25, 0.3) is 10.0 Å². The van der Waals surface area contributed by atoms with E-state index in [2.05, 4.69) is 19.8 Å². The van der Waals surface area contributed by atoms with Crippen LogP contribution in [0, 0.1) is 0 Å². The molecule has 0 unspecified atom stereocenters. The molecule has 0 radical (unpaired) electrons. The monoisotopic (exact) mass is 332 g/mol. The first-order valence-electron chi connectivity index (χ1n) is 6.95. The molecule has 0 saturated heterocycles. The van der Waals surface area contributed by atoms with E-state index in [1.54, 1.807) is 10.9 Å². The molecule has 120 valence electrons. The zero-order chi connectivity index (χ0) is 16.6. The zero-order valence-corrected chi connectivity index (χ0v) is 13.4. The van der Waals surface area contributed by atoms with Crippen LogP contribution >= 0.6 is 0 Å². The largest absolute Gasteiger partial charge is 0.399 e. The molecule has 2 aromatic heterocycles. The molecule has 0 saturated carbocycles. The normalized spacial score (nSPS) is 12.0. The number of benzene rings is 1. The molecular weight excluding hydrogens is 316 g/mol. The fourth-order valence-electron chi connectivity index (χ4n) is 2.03. The first-order valence-corrected chi connectivity index (χ1v) is 8.43. The number of hydrogen-bond acceptors (Lipinski definition) is 6. The van der Waals surface area contributed by atoms with Crippen LogP contribution in [0.5, 0.6) is 0 Å². The molecular formula is C14H16N6O2S. The van der Waals surface area contributed by atoms with Crippen molar-refractivity contribution in [3.05, 3.63) is 36.8 Å². The number of sulfonamides is 1. The van der Waals surface area contributed by atoms with E-state index in [1.807, 2.05) is 13.8 Å². The molecule has 0 spiro atoms. The number of nitrogens with two attached hydrogens (primary N) is 1. The van der Waals surface area contributed by atoms with Crippen LogP contribution < -0.4 is 10.5 Å². The van der Waals surface area contributed by atoms with Gasteiger partial charge in [0.1, 0.15) is 6.33 Å². The van der Waals surface area contributed by atoms with Crippen LogP contribution in [0.1, 0.15) is 19.9 Å². The van der Waals surface area contributed by atoms with E-state index in [1.165, 1.54) is 30.6 Å². The number of fused-ring (bicyclic) bond motifs is 1. The van der Waals surface area contributed by atoms with Gasteiger partial charge in [-0.15, -0.1) is 0 Å². The lowest BCUT2D eigenvalue weighted by Gasteiger charge is -2.07. The minimum Gasteiger partial charge on any atom is -0.399 e. The van der Waals surface area contributed by atoms with Crippen molar-refractivity contribution in [1.29, 1.82) is 0 Å². The third-order valence-corrected chi connectivity index (χ3v) is 4.64. The summed E-state index contributed by atoms with van der Waals surface area (Å²) in [7, 11) is -3.77. The standard InChI is InChI=1S/C14H16N6O2S/c1-9(2)20-7-12-13(18-20)16-8-17-14(12)19-23(21,22)11-5-3-10(15)4-6-11/h3-9H,15H2,1-2H3,(H,16,17,18,19). The van der Waals surface area contributed by atoms with Crippen LogP contribution in [0.25, 0.3) is 11.0 Å². The maximum Gasteiger partial charge on any atom is 0.263 e. The molecule has 0 aliphatic rings. The first kappa shape index (κ1) is 15.2. The predicted octanol–water partition coefficient (Wildman–Crippen LogP) is 1.79. The van der Waals surface area contributed by atoms with Crippen LogP contribution in [-0.2, 0) is 10.0 Å². The molecule has 3 N–H and O–H groups in total. The van der Waals surface area contributed by atoms with E-state index in [0.29, 0.717) is 16.7 Å². The molecule has 0 fully saturated rings. The fraction of sp³-hybridized carbons (Fsp3) is 0.214.